The van der Waals surface area contributed by atoms with Gasteiger partial charge in [-0.25, -0.2) is 32.3 Å². The van der Waals surface area contributed by atoms with Crippen molar-refractivity contribution in [2.75, 3.05) is 6.61 Å². The highest BCUT2D eigenvalue weighted by molar-refractivity contribution is 5.94. The summed E-state index contributed by atoms with van der Waals surface area (Å²) in [5.74, 6) is -6.99. The summed E-state index contributed by atoms with van der Waals surface area (Å²) in [4.78, 5) is 50.6. The fraction of sp³-hybridized carbons (Fsp3) is 0.261. The van der Waals surface area contributed by atoms with E-state index in [1.807, 2.05) is 0 Å². The predicted octanol–water partition coefficient (Wildman–Crippen LogP) is 11.3. The number of halogens is 3. The summed E-state index contributed by atoms with van der Waals surface area (Å²) < 4.78 is 67.5. The molecule has 0 unspecified atom stereocenters. The molecule has 0 fully saturated rings. The van der Waals surface area contributed by atoms with Gasteiger partial charge in [-0.05, 0) is 110 Å². The van der Waals surface area contributed by atoms with E-state index in [-0.39, 0.29) is 33.9 Å². The van der Waals surface area contributed by atoms with E-state index < -0.39 is 46.9 Å². The van der Waals surface area contributed by atoms with E-state index in [1.165, 1.54) is 124 Å². The molecule has 0 spiro atoms. The van der Waals surface area contributed by atoms with Gasteiger partial charge in [0.25, 0.3) is 0 Å². The lowest BCUT2D eigenvalue weighted by atomic mass is 10.1. The lowest BCUT2D eigenvalue weighted by molar-refractivity contribution is 0.0713. The molecular formula is C46H43F3O9. The Morgan fingerprint density at radius 3 is 1.31 bits per heavy atom. The summed E-state index contributed by atoms with van der Waals surface area (Å²) >= 11 is 0. The van der Waals surface area contributed by atoms with Gasteiger partial charge >= 0.3 is 23.9 Å². The molecule has 12 heteroatoms. The molecule has 0 aromatic heterocycles. The fourth-order valence-corrected chi connectivity index (χ4v) is 5.73. The zero-order valence-electron chi connectivity index (χ0n) is 32.0. The van der Waals surface area contributed by atoms with Crippen LogP contribution in [0.1, 0.15) is 113 Å². The molecule has 9 nitrogen and oxygen atoms in total. The van der Waals surface area contributed by atoms with E-state index in [2.05, 4.69) is 6.92 Å². The van der Waals surface area contributed by atoms with E-state index in [4.69, 9.17) is 23.7 Å². The lowest BCUT2D eigenvalue weighted by Crippen LogP contribution is -2.12. The van der Waals surface area contributed by atoms with E-state index in [0.717, 1.165) is 12.8 Å². The average Bonchev–Trinajstić information content (AvgIpc) is 3.23. The summed E-state index contributed by atoms with van der Waals surface area (Å²) in [5, 5.41) is 0. The standard InChI is InChI=1S/C46H43F3O9/c1-2-3-4-5-6-7-8-9-10-11-27-54-35-23-25-38(26-24-35)56-44(51)32-15-19-36(20-16-32)55-43(50)31-17-21-37(22-18-31)57-45(52)33-13-12-14-39(28-33)58-46(53)34-29-40(47)42(49)41(48)30-34/h12-26,28-30H,2-11,27H2,1H3. The summed E-state index contributed by atoms with van der Waals surface area (Å²) in [6.45, 7) is 2.87. The summed E-state index contributed by atoms with van der Waals surface area (Å²) in [6, 6.07) is 24.4. The first-order chi connectivity index (χ1) is 28.1. The Kier molecular flexibility index (Phi) is 16.0. The number of ether oxygens (including phenoxy) is 5. The molecule has 0 saturated carbocycles. The molecule has 0 saturated heterocycles. The lowest BCUT2D eigenvalue weighted by Gasteiger charge is -2.09. The molecule has 302 valence electrons. The van der Waals surface area contributed by atoms with Gasteiger partial charge in [-0.15, -0.1) is 0 Å². The first kappa shape index (κ1) is 42.7. The van der Waals surface area contributed by atoms with Gasteiger partial charge in [-0.2, -0.15) is 0 Å². The maximum absolute atomic E-state index is 13.5. The zero-order valence-corrected chi connectivity index (χ0v) is 32.0. The van der Waals surface area contributed by atoms with Crippen molar-refractivity contribution in [1.29, 1.82) is 0 Å². The molecular weight excluding hydrogens is 753 g/mol. The zero-order chi connectivity index (χ0) is 41.3. The minimum Gasteiger partial charge on any atom is -0.494 e. The van der Waals surface area contributed by atoms with Gasteiger partial charge in [0.15, 0.2) is 17.5 Å². The molecule has 0 aliphatic heterocycles. The molecule has 5 aromatic carbocycles. The van der Waals surface area contributed by atoms with Crippen LogP contribution in [0.4, 0.5) is 13.2 Å². The number of benzene rings is 5. The van der Waals surface area contributed by atoms with Crippen LogP contribution < -0.4 is 23.7 Å². The summed E-state index contributed by atoms with van der Waals surface area (Å²) in [7, 11) is 0. The summed E-state index contributed by atoms with van der Waals surface area (Å²) in [6.07, 6.45) is 12.5. The van der Waals surface area contributed by atoms with E-state index in [9.17, 15) is 32.3 Å². The van der Waals surface area contributed by atoms with Crippen LogP contribution in [0.5, 0.6) is 28.7 Å². The second kappa shape index (κ2) is 21.8. The van der Waals surface area contributed by atoms with Gasteiger partial charge in [0.2, 0.25) is 0 Å². The molecule has 0 N–H and O–H groups in total. The molecule has 0 heterocycles. The first-order valence-corrected chi connectivity index (χ1v) is 19.2. The normalized spacial score (nSPS) is 10.8. The third-order valence-corrected chi connectivity index (χ3v) is 8.90. The fourth-order valence-electron chi connectivity index (χ4n) is 5.73. The monoisotopic (exact) mass is 796 g/mol. The Labute approximate surface area is 334 Å². The molecule has 0 aliphatic rings. The largest absolute Gasteiger partial charge is 0.494 e. The maximum Gasteiger partial charge on any atom is 0.343 e. The number of rotatable bonds is 20. The molecule has 0 bridgehead atoms. The van der Waals surface area contributed by atoms with Gasteiger partial charge in [0, 0.05) is 0 Å². The number of esters is 4. The van der Waals surface area contributed by atoms with E-state index >= 15 is 0 Å². The molecule has 0 amide bonds. The van der Waals surface area contributed by atoms with E-state index in [0.29, 0.717) is 30.2 Å². The SMILES string of the molecule is CCCCCCCCCCCCOc1ccc(OC(=O)c2ccc(OC(=O)c3ccc(OC(=O)c4cccc(OC(=O)c5cc(F)c(F)c(F)c5)c4)cc3)cc2)cc1. The first-order valence-electron chi connectivity index (χ1n) is 19.2. The number of hydrogen-bond donors (Lipinski definition) is 0. The molecule has 0 radical (unpaired) electrons. The van der Waals surface area contributed by atoms with Gasteiger partial charge in [-0.1, -0.05) is 70.8 Å². The number of carbonyl (C=O) groups is 4. The van der Waals surface area contributed by atoms with Crippen molar-refractivity contribution in [1.82, 2.24) is 0 Å². The Balaban J connectivity index is 1.03. The van der Waals surface area contributed by atoms with Crippen LogP contribution in [-0.4, -0.2) is 30.5 Å². The smallest absolute Gasteiger partial charge is 0.343 e. The Morgan fingerprint density at radius 1 is 0.414 bits per heavy atom. The Bertz CT molecular complexity index is 2130. The van der Waals surface area contributed by atoms with Crippen LogP contribution in [0, 0.1) is 17.5 Å². The van der Waals surface area contributed by atoms with Gasteiger partial charge in [0.05, 0.1) is 28.9 Å². The van der Waals surface area contributed by atoms with Crippen LogP contribution in [0.25, 0.3) is 0 Å². The van der Waals surface area contributed by atoms with Crippen molar-refractivity contribution < 1.29 is 56.0 Å². The molecule has 0 atom stereocenters. The Morgan fingerprint density at radius 2 is 0.810 bits per heavy atom. The topological polar surface area (TPSA) is 114 Å². The van der Waals surface area contributed by atoms with Gasteiger partial charge < -0.3 is 23.7 Å². The third kappa shape index (κ3) is 13.1. The minimum atomic E-state index is -1.73. The quantitative estimate of drug-likeness (QED) is 0.0328. The van der Waals surface area contributed by atoms with Gasteiger partial charge in [-0.3, -0.25) is 0 Å². The van der Waals surface area contributed by atoms with Crippen molar-refractivity contribution >= 4 is 23.9 Å². The Hall–Kier alpha value is -6.43. The maximum atomic E-state index is 13.5. The summed E-state index contributed by atoms with van der Waals surface area (Å²) in [5.41, 5.74) is -0.218. The third-order valence-electron chi connectivity index (χ3n) is 8.90. The van der Waals surface area contributed by atoms with Crippen LogP contribution in [0.3, 0.4) is 0 Å². The number of unbranched alkanes of at least 4 members (excludes halogenated alkanes) is 9. The van der Waals surface area contributed by atoms with Crippen LogP contribution >= 0.6 is 0 Å². The van der Waals surface area contributed by atoms with Crippen LogP contribution in [0.15, 0.2) is 109 Å². The average molecular weight is 797 g/mol. The van der Waals surface area contributed by atoms with Crippen molar-refractivity contribution in [3.63, 3.8) is 0 Å². The second-order valence-corrected chi connectivity index (χ2v) is 13.4. The van der Waals surface area contributed by atoms with E-state index in [1.54, 1.807) is 24.3 Å². The molecule has 0 aliphatic carbocycles. The van der Waals surface area contributed by atoms with Crippen LogP contribution in [0.2, 0.25) is 0 Å². The highest BCUT2D eigenvalue weighted by Gasteiger charge is 2.18. The number of carbonyl (C=O) groups excluding carboxylic acids is 4. The van der Waals surface area contributed by atoms with Gasteiger partial charge in [0.1, 0.15) is 28.7 Å². The highest BCUT2D eigenvalue weighted by Crippen LogP contribution is 2.23. The second-order valence-electron chi connectivity index (χ2n) is 13.4. The number of hydrogen-bond acceptors (Lipinski definition) is 9. The highest BCUT2D eigenvalue weighted by atomic mass is 19.2. The predicted molar refractivity (Wildman–Crippen MR) is 209 cm³/mol. The van der Waals surface area contributed by atoms with Crippen LogP contribution in [-0.2, 0) is 0 Å². The van der Waals surface area contributed by atoms with Crippen molar-refractivity contribution in [2.45, 2.75) is 71.1 Å². The van der Waals surface area contributed by atoms with Crippen molar-refractivity contribution in [3.8, 4) is 28.7 Å². The molecule has 5 aromatic rings. The molecule has 58 heavy (non-hydrogen) atoms. The molecule has 5 rings (SSSR count). The minimum absolute atomic E-state index is 0.0323. The van der Waals surface area contributed by atoms with Crippen molar-refractivity contribution in [3.05, 3.63) is 149 Å². The van der Waals surface area contributed by atoms with Crippen molar-refractivity contribution in [2.24, 2.45) is 0 Å².